The lowest BCUT2D eigenvalue weighted by Gasteiger charge is -2.45. The fourth-order valence-corrected chi connectivity index (χ4v) is 5.25. The summed E-state index contributed by atoms with van der Waals surface area (Å²) in [6.07, 6.45) is -2.66. The van der Waals surface area contributed by atoms with Crippen LogP contribution < -0.4 is 0 Å². The molecule has 0 amide bonds. The molecule has 0 aliphatic carbocycles. The maximum atomic E-state index is 12.1. The molecule has 216 valence electrons. The summed E-state index contributed by atoms with van der Waals surface area (Å²) in [6.45, 7) is 3.14. The maximum absolute atomic E-state index is 12.1. The molecule has 0 aromatic heterocycles. The molecule has 1 N–H and O–H groups in total. The lowest BCUT2D eigenvalue weighted by atomic mass is 9.98. The second-order valence-electron chi connectivity index (χ2n) is 9.80. The van der Waals surface area contributed by atoms with E-state index in [1.807, 2.05) is 91.0 Å². The van der Waals surface area contributed by atoms with Gasteiger partial charge in [0.1, 0.15) is 30.2 Å². The second-order valence-corrected chi connectivity index (χ2v) is 11.3. The van der Waals surface area contributed by atoms with Crippen LogP contribution in [0.15, 0.2) is 91.0 Å². The molecule has 5 atom stereocenters. The van der Waals surface area contributed by atoms with Crippen molar-refractivity contribution in [1.29, 1.82) is 0 Å². The smallest absolute Gasteiger partial charge is 0.267 e. The molecular weight excluding hydrogens is 532 g/mol. The highest BCUT2D eigenvalue weighted by Gasteiger charge is 2.50. The Morgan fingerprint density at radius 3 is 1.57 bits per heavy atom. The van der Waals surface area contributed by atoms with Crippen molar-refractivity contribution in [1.82, 2.24) is 0 Å². The van der Waals surface area contributed by atoms with Crippen molar-refractivity contribution in [3.63, 3.8) is 0 Å². The van der Waals surface area contributed by atoms with Gasteiger partial charge in [0.25, 0.3) is 10.1 Å². The topological polar surface area (TPSA) is 101 Å². The normalized spacial score (nSPS) is 23.2. The van der Waals surface area contributed by atoms with E-state index in [0.29, 0.717) is 6.61 Å². The highest BCUT2D eigenvalue weighted by atomic mass is 32.2. The third-order valence-electron chi connectivity index (χ3n) is 6.60. The Kier molecular flexibility index (Phi) is 11.7. The maximum Gasteiger partial charge on any atom is 0.267 e. The molecule has 1 aliphatic rings. The third kappa shape index (κ3) is 9.49. The van der Waals surface area contributed by atoms with Gasteiger partial charge in [0.2, 0.25) is 0 Å². The highest BCUT2D eigenvalue weighted by molar-refractivity contribution is 7.85. The van der Waals surface area contributed by atoms with E-state index in [1.165, 1.54) is 0 Å². The largest absolute Gasteiger partial charge is 0.368 e. The molecule has 0 spiro atoms. The van der Waals surface area contributed by atoms with Gasteiger partial charge in [0, 0.05) is 6.61 Å². The fraction of sp³-hybridized carbons (Fsp3) is 0.419. The molecule has 9 heteroatoms. The van der Waals surface area contributed by atoms with Crippen LogP contribution in [0.25, 0.3) is 0 Å². The Morgan fingerprint density at radius 2 is 1.12 bits per heavy atom. The molecule has 0 radical (unpaired) electrons. The van der Waals surface area contributed by atoms with E-state index in [2.05, 4.69) is 6.92 Å². The highest BCUT2D eigenvalue weighted by Crippen LogP contribution is 2.32. The third-order valence-corrected chi connectivity index (χ3v) is 7.35. The summed E-state index contributed by atoms with van der Waals surface area (Å²) in [7, 11) is -4.41. The van der Waals surface area contributed by atoms with Crippen LogP contribution in [0, 0.1) is 0 Å². The number of benzene rings is 3. The molecule has 0 saturated carbocycles. The predicted octanol–water partition coefficient (Wildman–Crippen LogP) is 5.17. The summed E-state index contributed by atoms with van der Waals surface area (Å²) >= 11 is 0. The zero-order valence-electron chi connectivity index (χ0n) is 22.7. The first-order chi connectivity index (χ1) is 19.4. The van der Waals surface area contributed by atoms with Crippen molar-refractivity contribution in [2.75, 3.05) is 12.4 Å². The first-order valence-corrected chi connectivity index (χ1v) is 15.2. The van der Waals surface area contributed by atoms with Gasteiger partial charge >= 0.3 is 0 Å². The van der Waals surface area contributed by atoms with Crippen LogP contribution in [0.2, 0.25) is 0 Å². The van der Waals surface area contributed by atoms with Gasteiger partial charge in [-0.25, -0.2) is 0 Å². The molecule has 1 aliphatic heterocycles. The van der Waals surface area contributed by atoms with Crippen molar-refractivity contribution < 1.29 is 36.7 Å². The van der Waals surface area contributed by atoms with Crippen molar-refractivity contribution in [3.8, 4) is 0 Å². The quantitative estimate of drug-likeness (QED) is 0.197. The Bertz CT molecular complexity index is 1220. The number of rotatable bonds is 15. The van der Waals surface area contributed by atoms with E-state index in [9.17, 15) is 13.0 Å². The molecule has 4 rings (SSSR count). The Labute approximate surface area is 236 Å². The average molecular weight is 571 g/mol. The van der Waals surface area contributed by atoms with Crippen LogP contribution in [0.3, 0.4) is 0 Å². The minimum absolute atomic E-state index is 0.189. The SMILES string of the molecule is CCCCO[C@H]1O[C@H](CS(=O)(=O)O)[C@H](OCc2ccccc2)[C@H](OCc2ccccc2)[C@H]1OCc1ccccc1. The van der Waals surface area contributed by atoms with Gasteiger partial charge in [-0.1, -0.05) is 104 Å². The van der Waals surface area contributed by atoms with Crippen LogP contribution in [0.5, 0.6) is 0 Å². The first-order valence-electron chi connectivity index (χ1n) is 13.6. The molecular formula is C31H38O8S. The van der Waals surface area contributed by atoms with Gasteiger partial charge < -0.3 is 23.7 Å². The summed E-state index contributed by atoms with van der Waals surface area (Å²) in [5, 5.41) is 0. The molecule has 3 aromatic carbocycles. The lowest BCUT2D eigenvalue weighted by molar-refractivity contribution is -0.319. The van der Waals surface area contributed by atoms with Crippen LogP contribution in [-0.2, 0) is 53.6 Å². The molecule has 0 bridgehead atoms. The van der Waals surface area contributed by atoms with Gasteiger partial charge in [-0.05, 0) is 23.1 Å². The van der Waals surface area contributed by atoms with E-state index in [0.717, 1.165) is 29.5 Å². The number of ether oxygens (including phenoxy) is 5. The van der Waals surface area contributed by atoms with Crippen molar-refractivity contribution >= 4 is 10.1 Å². The summed E-state index contributed by atoms with van der Waals surface area (Å²) in [5.74, 6) is -0.670. The Balaban J connectivity index is 1.66. The molecule has 40 heavy (non-hydrogen) atoms. The van der Waals surface area contributed by atoms with Crippen molar-refractivity contribution in [2.24, 2.45) is 0 Å². The van der Waals surface area contributed by atoms with Gasteiger partial charge in [0.05, 0.1) is 19.8 Å². The summed E-state index contributed by atoms with van der Waals surface area (Å²) in [4.78, 5) is 0. The summed E-state index contributed by atoms with van der Waals surface area (Å²) in [6, 6.07) is 28.9. The van der Waals surface area contributed by atoms with Crippen molar-refractivity contribution in [3.05, 3.63) is 108 Å². The van der Waals surface area contributed by atoms with E-state index in [4.69, 9.17) is 23.7 Å². The van der Waals surface area contributed by atoms with Crippen LogP contribution in [0.1, 0.15) is 36.5 Å². The molecule has 1 fully saturated rings. The number of unbranched alkanes of at least 4 members (excludes halogenated alkanes) is 1. The number of hydrogen-bond acceptors (Lipinski definition) is 7. The Morgan fingerprint density at radius 1 is 0.675 bits per heavy atom. The van der Waals surface area contributed by atoms with Gasteiger partial charge in [-0.15, -0.1) is 0 Å². The zero-order chi connectivity index (χ0) is 28.2. The molecule has 0 unspecified atom stereocenters. The van der Waals surface area contributed by atoms with Crippen LogP contribution >= 0.6 is 0 Å². The second kappa shape index (κ2) is 15.4. The minimum Gasteiger partial charge on any atom is -0.368 e. The van der Waals surface area contributed by atoms with Crippen molar-refractivity contribution in [2.45, 2.75) is 70.3 Å². The number of hydrogen-bond donors (Lipinski definition) is 1. The van der Waals surface area contributed by atoms with E-state index in [1.54, 1.807) is 0 Å². The lowest BCUT2D eigenvalue weighted by Crippen LogP contribution is -2.62. The molecule has 8 nitrogen and oxygen atoms in total. The zero-order valence-corrected chi connectivity index (χ0v) is 23.5. The van der Waals surface area contributed by atoms with Gasteiger partial charge in [-0.3, -0.25) is 4.55 Å². The van der Waals surface area contributed by atoms with E-state index in [-0.39, 0.29) is 19.8 Å². The summed E-state index contributed by atoms with van der Waals surface area (Å²) < 4.78 is 65.5. The Hall–Kier alpha value is -2.63. The van der Waals surface area contributed by atoms with E-state index >= 15 is 0 Å². The minimum atomic E-state index is -4.41. The fourth-order valence-electron chi connectivity index (χ4n) is 4.57. The van der Waals surface area contributed by atoms with Crippen LogP contribution in [0.4, 0.5) is 0 Å². The summed E-state index contributed by atoms with van der Waals surface area (Å²) in [5.41, 5.74) is 2.80. The first kappa shape index (κ1) is 30.3. The standard InChI is InChI=1S/C31H38O8S/c1-2-3-19-35-31-30(38-22-26-17-11-6-12-18-26)29(37-21-25-15-9-5-10-16-25)28(27(39-31)23-40(32,33)34)36-20-24-13-7-4-8-14-24/h4-18,27-31H,2-3,19-23H2,1H3,(H,32,33,34)/t27-,28+,29+,30-,31+/m1/s1. The van der Waals surface area contributed by atoms with Crippen LogP contribution in [-0.4, -0.2) is 56.0 Å². The molecule has 3 aromatic rings. The predicted molar refractivity (Wildman–Crippen MR) is 151 cm³/mol. The molecule has 1 heterocycles. The van der Waals surface area contributed by atoms with Gasteiger partial charge in [-0.2, -0.15) is 8.42 Å². The average Bonchev–Trinajstić information content (AvgIpc) is 2.96. The van der Waals surface area contributed by atoms with E-state index < -0.39 is 46.6 Å². The van der Waals surface area contributed by atoms with Gasteiger partial charge in [0.15, 0.2) is 6.29 Å². The monoisotopic (exact) mass is 570 g/mol. The molecule has 1 saturated heterocycles.